The number of likely N-dealkylation sites (tertiary alicyclic amines) is 1. The van der Waals surface area contributed by atoms with Gasteiger partial charge in [-0.2, -0.15) is 0 Å². The molecule has 2 aliphatic rings. The molecule has 0 aliphatic carbocycles. The van der Waals surface area contributed by atoms with Crippen LogP contribution in [0.1, 0.15) is 33.1 Å². The van der Waals surface area contributed by atoms with E-state index < -0.39 is 0 Å². The van der Waals surface area contributed by atoms with E-state index >= 15 is 0 Å². The van der Waals surface area contributed by atoms with Crippen LogP contribution in [-0.2, 0) is 9.59 Å². The average Bonchev–Trinajstić information content (AvgIpc) is 2.60. The molecule has 2 fully saturated rings. The number of allylic oxidation sites excluding steroid dienone is 1. The fourth-order valence-corrected chi connectivity index (χ4v) is 2.72. The van der Waals surface area contributed by atoms with Crippen molar-refractivity contribution < 1.29 is 9.59 Å². The van der Waals surface area contributed by atoms with Crippen LogP contribution in [0.5, 0.6) is 0 Å². The van der Waals surface area contributed by atoms with Crippen molar-refractivity contribution in [3.05, 3.63) is 11.6 Å². The molecule has 4 heteroatoms. The third-order valence-corrected chi connectivity index (χ3v) is 3.64. The number of rotatable bonds is 2. The second kappa shape index (κ2) is 5.00. The predicted octanol–water partition coefficient (Wildman–Crippen LogP) is 1.08. The molecule has 2 unspecified atom stereocenters. The lowest BCUT2D eigenvalue weighted by Gasteiger charge is -2.29. The molecule has 2 heterocycles. The molecule has 2 saturated heterocycles. The van der Waals surface area contributed by atoms with Gasteiger partial charge in [-0.3, -0.25) is 19.8 Å². The maximum Gasteiger partial charge on any atom is 0.243 e. The number of hydrogen-bond donors (Lipinski definition) is 1. The Morgan fingerprint density at radius 2 is 2.24 bits per heavy atom. The molecule has 2 rings (SSSR count). The van der Waals surface area contributed by atoms with Crippen LogP contribution in [-0.4, -0.2) is 35.8 Å². The van der Waals surface area contributed by atoms with Crippen molar-refractivity contribution in [3.63, 3.8) is 0 Å². The van der Waals surface area contributed by atoms with Crippen molar-refractivity contribution in [2.24, 2.45) is 5.92 Å². The Balaban J connectivity index is 2.03. The summed E-state index contributed by atoms with van der Waals surface area (Å²) < 4.78 is 0. The molecular formula is C13H20N2O2. The average molecular weight is 236 g/mol. The van der Waals surface area contributed by atoms with E-state index in [0.29, 0.717) is 18.8 Å². The molecule has 2 aliphatic heterocycles. The molecule has 2 amide bonds. The molecule has 0 spiro atoms. The molecule has 94 valence electrons. The fraction of sp³-hybridized carbons (Fsp3) is 0.692. The molecule has 4 nitrogen and oxygen atoms in total. The zero-order valence-electron chi connectivity index (χ0n) is 10.5. The highest BCUT2D eigenvalue weighted by Gasteiger charge is 2.36. The summed E-state index contributed by atoms with van der Waals surface area (Å²) >= 11 is 0. The summed E-state index contributed by atoms with van der Waals surface area (Å²) in [6.07, 6.45) is 4.43. The van der Waals surface area contributed by atoms with Gasteiger partial charge in [0.05, 0.1) is 6.04 Å². The van der Waals surface area contributed by atoms with Crippen LogP contribution >= 0.6 is 0 Å². The molecule has 0 saturated carbocycles. The van der Waals surface area contributed by atoms with Crippen molar-refractivity contribution >= 4 is 11.8 Å². The second-order valence-electron chi connectivity index (χ2n) is 4.98. The number of carbonyl (C=O) groups is 2. The Morgan fingerprint density at radius 1 is 1.47 bits per heavy atom. The first-order valence-electron chi connectivity index (χ1n) is 6.38. The van der Waals surface area contributed by atoms with Crippen LogP contribution in [0, 0.1) is 5.92 Å². The summed E-state index contributed by atoms with van der Waals surface area (Å²) in [5.74, 6) is 0.273. The summed E-state index contributed by atoms with van der Waals surface area (Å²) in [7, 11) is 0. The van der Waals surface area contributed by atoms with Gasteiger partial charge < -0.3 is 0 Å². The number of amides is 2. The summed E-state index contributed by atoms with van der Waals surface area (Å²) in [5.41, 5.74) is 1.43. The molecule has 0 bridgehead atoms. The molecule has 0 radical (unpaired) electrons. The van der Waals surface area contributed by atoms with Crippen molar-refractivity contribution in [1.29, 1.82) is 0 Å². The number of imide groups is 1. The third kappa shape index (κ3) is 2.57. The standard InChI is InChI=1S/C13H20N2O2/c1-3-4-10-8-15(7-9(10)2)11-5-6-12(16)14-13(11)17/h4,9,11H,3,5-8H2,1-2H3,(H,14,16,17)/b10-4-. The van der Waals surface area contributed by atoms with Gasteiger partial charge in [-0.25, -0.2) is 0 Å². The van der Waals surface area contributed by atoms with Gasteiger partial charge in [-0.05, 0) is 18.8 Å². The van der Waals surface area contributed by atoms with E-state index in [0.717, 1.165) is 19.5 Å². The van der Waals surface area contributed by atoms with E-state index in [2.05, 4.69) is 30.1 Å². The zero-order valence-corrected chi connectivity index (χ0v) is 10.5. The molecule has 0 aromatic carbocycles. The van der Waals surface area contributed by atoms with Crippen LogP contribution in [0.4, 0.5) is 0 Å². The number of nitrogens with zero attached hydrogens (tertiary/aromatic N) is 1. The lowest BCUT2D eigenvalue weighted by atomic mass is 10.0. The maximum atomic E-state index is 11.8. The highest BCUT2D eigenvalue weighted by atomic mass is 16.2. The summed E-state index contributed by atoms with van der Waals surface area (Å²) in [5, 5.41) is 2.43. The Hall–Kier alpha value is -1.16. The predicted molar refractivity (Wildman–Crippen MR) is 65.3 cm³/mol. The Labute approximate surface area is 102 Å². The van der Waals surface area contributed by atoms with Crippen LogP contribution in [0.3, 0.4) is 0 Å². The van der Waals surface area contributed by atoms with Crippen LogP contribution in [0.2, 0.25) is 0 Å². The molecule has 2 atom stereocenters. The highest BCUT2D eigenvalue weighted by molar-refractivity contribution is 6.00. The van der Waals surface area contributed by atoms with Gasteiger partial charge in [0.25, 0.3) is 0 Å². The van der Waals surface area contributed by atoms with Crippen LogP contribution in [0.15, 0.2) is 11.6 Å². The minimum atomic E-state index is -0.136. The van der Waals surface area contributed by atoms with E-state index in [9.17, 15) is 9.59 Å². The zero-order chi connectivity index (χ0) is 12.4. The SMILES string of the molecule is CC/C=C1/CN(C2CCC(=O)NC2=O)CC1C. The summed E-state index contributed by atoms with van der Waals surface area (Å²) in [4.78, 5) is 25.1. The Bertz CT molecular complexity index is 362. The number of piperidine rings is 1. The summed E-state index contributed by atoms with van der Waals surface area (Å²) in [6.45, 7) is 6.14. The fourth-order valence-electron chi connectivity index (χ4n) is 2.72. The first kappa shape index (κ1) is 12.3. The third-order valence-electron chi connectivity index (χ3n) is 3.64. The van der Waals surface area contributed by atoms with Gasteiger partial charge in [0, 0.05) is 19.5 Å². The second-order valence-corrected chi connectivity index (χ2v) is 4.98. The quantitative estimate of drug-likeness (QED) is 0.576. The minimum absolute atomic E-state index is 0.113. The van der Waals surface area contributed by atoms with Gasteiger partial charge >= 0.3 is 0 Å². The van der Waals surface area contributed by atoms with Gasteiger partial charge in [-0.1, -0.05) is 25.5 Å². The van der Waals surface area contributed by atoms with Crippen LogP contribution in [0.25, 0.3) is 0 Å². The number of nitrogens with one attached hydrogen (secondary N) is 1. The van der Waals surface area contributed by atoms with Crippen molar-refractivity contribution in [2.75, 3.05) is 13.1 Å². The number of carbonyl (C=O) groups excluding carboxylic acids is 2. The van der Waals surface area contributed by atoms with Gasteiger partial charge in [-0.15, -0.1) is 0 Å². The first-order valence-corrected chi connectivity index (χ1v) is 6.38. The largest absolute Gasteiger partial charge is 0.295 e. The summed E-state index contributed by atoms with van der Waals surface area (Å²) in [6, 6.07) is -0.113. The van der Waals surface area contributed by atoms with Gasteiger partial charge in [0.2, 0.25) is 11.8 Å². The lowest BCUT2D eigenvalue weighted by Crippen LogP contribution is -2.51. The van der Waals surface area contributed by atoms with E-state index in [1.807, 2.05) is 0 Å². The van der Waals surface area contributed by atoms with Crippen molar-refractivity contribution in [1.82, 2.24) is 10.2 Å². The first-order chi connectivity index (χ1) is 8.11. The van der Waals surface area contributed by atoms with Gasteiger partial charge in [0.1, 0.15) is 0 Å². The monoisotopic (exact) mass is 236 g/mol. The van der Waals surface area contributed by atoms with Crippen molar-refractivity contribution in [2.45, 2.75) is 39.2 Å². The topological polar surface area (TPSA) is 49.4 Å². The molecule has 17 heavy (non-hydrogen) atoms. The maximum absolute atomic E-state index is 11.8. The van der Waals surface area contributed by atoms with E-state index in [-0.39, 0.29) is 17.9 Å². The van der Waals surface area contributed by atoms with E-state index in [1.165, 1.54) is 5.57 Å². The van der Waals surface area contributed by atoms with Crippen LogP contribution < -0.4 is 5.32 Å². The number of hydrogen-bond acceptors (Lipinski definition) is 3. The highest BCUT2D eigenvalue weighted by Crippen LogP contribution is 2.26. The van der Waals surface area contributed by atoms with E-state index in [4.69, 9.17) is 0 Å². The molecule has 0 aromatic heterocycles. The molecular weight excluding hydrogens is 216 g/mol. The normalized spacial score (nSPS) is 33.2. The minimum Gasteiger partial charge on any atom is -0.295 e. The van der Waals surface area contributed by atoms with E-state index in [1.54, 1.807) is 0 Å². The lowest BCUT2D eigenvalue weighted by molar-refractivity contribution is -0.137. The molecule has 1 N–H and O–H groups in total. The Kier molecular flexibility index (Phi) is 3.62. The van der Waals surface area contributed by atoms with Gasteiger partial charge in [0.15, 0.2) is 0 Å². The Morgan fingerprint density at radius 3 is 2.88 bits per heavy atom. The molecule has 0 aromatic rings. The smallest absolute Gasteiger partial charge is 0.243 e. The van der Waals surface area contributed by atoms with Crippen molar-refractivity contribution in [3.8, 4) is 0 Å².